The number of methoxy groups -OCH3 is 2. The highest BCUT2D eigenvalue weighted by Gasteiger charge is 2.21. The van der Waals surface area contributed by atoms with Crippen molar-refractivity contribution in [1.82, 2.24) is 0 Å². The maximum atomic E-state index is 13.2. The van der Waals surface area contributed by atoms with Crippen molar-refractivity contribution >= 4 is 17.4 Å². The van der Waals surface area contributed by atoms with Crippen LogP contribution in [-0.2, 0) is 0 Å². The number of hydrogen-bond donors (Lipinski definition) is 1. The van der Waals surface area contributed by atoms with Crippen LogP contribution in [-0.4, -0.2) is 44.2 Å². The summed E-state index contributed by atoms with van der Waals surface area (Å²) in [7, 11) is 3.00. The molecule has 0 radical (unpaired) electrons. The smallest absolute Gasteiger partial charge is 0.336 e. The highest BCUT2D eigenvalue weighted by molar-refractivity contribution is 6.15. The van der Waals surface area contributed by atoms with Crippen LogP contribution in [0.3, 0.4) is 0 Å². The number of hydrogen-bond acceptors (Lipinski definition) is 5. The van der Waals surface area contributed by atoms with Crippen molar-refractivity contribution in [3.05, 3.63) is 53.1 Å². The number of carboxylic acid groups (broad SMARTS) is 1. The number of carboxylic acids is 1. The van der Waals surface area contributed by atoms with Crippen LogP contribution in [0.5, 0.6) is 11.5 Å². The van der Waals surface area contributed by atoms with E-state index in [0.29, 0.717) is 17.1 Å². The van der Waals surface area contributed by atoms with Crippen LogP contribution < -0.4 is 14.4 Å². The molecule has 0 aliphatic carbocycles. The zero-order valence-corrected chi connectivity index (χ0v) is 16.8. The van der Waals surface area contributed by atoms with Gasteiger partial charge in [-0.2, -0.15) is 0 Å². The molecule has 6 nitrogen and oxygen atoms in total. The summed E-state index contributed by atoms with van der Waals surface area (Å²) in [6.07, 6.45) is 1.92. The van der Waals surface area contributed by atoms with E-state index in [1.807, 2.05) is 0 Å². The number of rotatable bonds is 10. The van der Waals surface area contributed by atoms with E-state index >= 15 is 0 Å². The van der Waals surface area contributed by atoms with Crippen molar-refractivity contribution in [2.45, 2.75) is 26.7 Å². The Labute approximate surface area is 165 Å². The third-order valence-corrected chi connectivity index (χ3v) is 4.48. The Morgan fingerprint density at radius 2 is 1.54 bits per heavy atom. The van der Waals surface area contributed by atoms with Gasteiger partial charge in [0.15, 0.2) is 17.3 Å². The van der Waals surface area contributed by atoms with Gasteiger partial charge in [-0.25, -0.2) is 4.79 Å². The lowest BCUT2D eigenvalue weighted by Crippen LogP contribution is -2.25. The van der Waals surface area contributed by atoms with Crippen molar-refractivity contribution in [3.63, 3.8) is 0 Å². The second-order valence-corrected chi connectivity index (χ2v) is 6.42. The molecule has 2 aromatic carbocycles. The summed E-state index contributed by atoms with van der Waals surface area (Å²) in [5.74, 6) is -0.579. The molecule has 0 atom stereocenters. The van der Waals surface area contributed by atoms with Gasteiger partial charge in [0.25, 0.3) is 0 Å². The number of ether oxygens (including phenoxy) is 2. The summed E-state index contributed by atoms with van der Waals surface area (Å²) in [4.78, 5) is 27.0. The van der Waals surface area contributed by atoms with Crippen molar-refractivity contribution in [1.29, 1.82) is 0 Å². The van der Waals surface area contributed by atoms with Crippen LogP contribution in [0.15, 0.2) is 36.4 Å². The van der Waals surface area contributed by atoms with Gasteiger partial charge in [0, 0.05) is 29.9 Å². The van der Waals surface area contributed by atoms with Crippen molar-refractivity contribution in [2.24, 2.45) is 0 Å². The second-order valence-electron chi connectivity index (χ2n) is 6.42. The molecule has 0 unspecified atom stereocenters. The van der Waals surface area contributed by atoms with Crippen LogP contribution >= 0.6 is 0 Å². The first-order valence-corrected chi connectivity index (χ1v) is 9.35. The van der Waals surface area contributed by atoms with Gasteiger partial charge >= 0.3 is 5.97 Å². The third-order valence-electron chi connectivity index (χ3n) is 4.48. The normalized spacial score (nSPS) is 10.4. The van der Waals surface area contributed by atoms with E-state index in [-0.39, 0.29) is 16.9 Å². The summed E-state index contributed by atoms with van der Waals surface area (Å²) in [6.45, 7) is 5.85. The average molecular weight is 385 g/mol. The summed E-state index contributed by atoms with van der Waals surface area (Å²) < 4.78 is 10.5. The fraction of sp³-hybridized carbons (Fsp3) is 0.364. The van der Waals surface area contributed by atoms with Crippen molar-refractivity contribution in [3.8, 4) is 11.5 Å². The quantitative estimate of drug-likeness (QED) is 0.616. The van der Waals surface area contributed by atoms with Gasteiger partial charge in [-0.15, -0.1) is 0 Å². The van der Waals surface area contributed by atoms with Crippen LogP contribution in [0.4, 0.5) is 5.69 Å². The molecule has 0 aromatic heterocycles. The van der Waals surface area contributed by atoms with Crippen molar-refractivity contribution in [2.75, 3.05) is 32.2 Å². The predicted octanol–water partition coefficient (Wildman–Crippen LogP) is 4.26. The summed E-state index contributed by atoms with van der Waals surface area (Å²) >= 11 is 0. The number of aromatic carboxylic acids is 1. The molecule has 0 spiro atoms. The number of nitrogens with zero attached hydrogens (tertiary/aromatic N) is 1. The maximum Gasteiger partial charge on any atom is 0.336 e. The number of benzene rings is 2. The SMILES string of the molecule is CCCN(CCC)c1ccc(C(=O)O)c(C(=O)c2ccc(OC)c(OC)c2)c1. The lowest BCUT2D eigenvalue weighted by atomic mass is 9.97. The Balaban J connectivity index is 2.53. The van der Waals surface area contributed by atoms with Crippen LogP contribution in [0.2, 0.25) is 0 Å². The van der Waals surface area contributed by atoms with E-state index < -0.39 is 5.97 Å². The van der Waals surface area contributed by atoms with Gasteiger partial charge in [0.1, 0.15) is 0 Å². The van der Waals surface area contributed by atoms with Gasteiger partial charge in [-0.1, -0.05) is 13.8 Å². The fourth-order valence-corrected chi connectivity index (χ4v) is 3.15. The lowest BCUT2D eigenvalue weighted by molar-refractivity contribution is 0.0693. The third kappa shape index (κ3) is 4.63. The minimum absolute atomic E-state index is 0.0171. The van der Waals surface area contributed by atoms with E-state index in [0.717, 1.165) is 31.6 Å². The molecule has 1 N–H and O–H groups in total. The molecule has 0 amide bonds. The molecule has 2 rings (SSSR count). The molecule has 28 heavy (non-hydrogen) atoms. The molecule has 6 heteroatoms. The van der Waals surface area contributed by atoms with E-state index in [2.05, 4.69) is 18.7 Å². The van der Waals surface area contributed by atoms with Gasteiger partial charge < -0.3 is 19.5 Å². The lowest BCUT2D eigenvalue weighted by Gasteiger charge is -2.24. The first-order valence-electron chi connectivity index (χ1n) is 9.35. The van der Waals surface area contributed by atoms with E-state index in [1.54, 1.807) is 30.3 Å². The maximum absolute atomic E-state index is 13.2. The molecule has 0 bridgehead atoms. The van der Waals surface area contributed by atoms with Crippen molar-refractivity contribution < 1.29 is 24.2 Å². The number of carbonyl (C=O) groups is 2. The average Bonchev–Trinajstić information content (AvgIpc) is 2.71. The molecular weight excluding hydrogens is 358 g/mol. The zero-order valence-electron chi connectivity index (χ0n) is 16.8. The minimum Gasteiger partial charge on any atom is -0.493 e. The number of carbonyl (C=O) groups excluding carboxylic acids is 1. The monoisotopic (exact) mass is 385 g/mol. The summed E-state index contributed by atoms with van der Waals surface area (Å²) in [5.41, 5.74) is 1.33. The standard InChI is InChI=1S/C22H27NO5/c1-5-11-23(12-6-2)16-8-9-17(22(25)26)18(14-16)21(24)15-7-10-19(27-3)20(13-15)28-4/h7-10,13-14H,5-6,11-12H2,1-4H3,(H,25,26). The highest BCUT2D eigenvalue weighted by atomic mass is 16.5. The van der Waals surface area contributed by atoms with Gasteiger partial charge in [-0.05, 0) is 49.2 Å². The topological polar surface area (TPSA) is 76.1 Å². The first-order chi connectivity index (χ1) is 13.5. The largest absolute Gasteiger partial charge is 0.493 e. The molecule has 0 heterocycles. The van der Waals surface area contributed by atoms with Gasteiger partial charge in [0.05, 0.1) is 19.8 Å². The van der Waals surface area contributed by atoms with Crippen LogP contribution in [0.25, 0.3) is 0 Å². The van der Waals surface area contributed by atoms with E-state index in [4.69, 9.17) is 9.47 Å². The van der Waals surface area contributed by atoms with Gasteiger partial charge in [-0.3, -0.25) is 4.79 Å². The van der Waals surface area contributed by atoms with E-state index in [1.165, 1.54) is 20.3 Å². The number of anilines is 1. The fourth-order valence-electron chi connectivity index (χ4n) is 3.15. The Hall–Kier alpha value is -3.02. The molecule has 0 saturated carbocycles. The van der Waals surface area contributed by atoms with Gasteiger partial charge in [0.2, 0.25) is 0 Å². The summed E-state index contributed by atoms with van der Waals surface area (Å²) in [6, 6.07) is 9.75. The molecule has 0 aliphatic heterocycles. The van der Waals surface area contributed by atoms with E-state index in [9.17, 15) is 14.7 Å². The Morgan fingerprint density at radius 3 is 2.07 bits per heavy atom. The van der Waals surface area contributed by atoms with Crippen LogP contribution in [0.1, 0.15) is 53.0 Å². The second kappa shape index (κ2) is 9.78. The first kappa shape index (κ1) is 21.3. The van der Waals surface area contributed by atoms with Crippen LogP contribution in [0, 0.1) is 0 Å². The molecule has 150 valence electrons. The zero-order chi connectivity index (χ0) is 20.7. The minimum atomic E-state index is -1.13. The molecule has 0 saturated heterocycles. The number of ketones is 1. The Kier molecular flexibility index (Phi) is 7.44. The summed E-state index contributed by atoms with van der Waals surface area (Å²) in [5, 5.41) is 9.57. The molecular formula is C22H27NO5. The molecule has 2 aromatic rings. The Bertz CT molecular complexity index is 841. The highest BCUT2D eigenvalue weighted by Crippen LogP contribution is 2.30. The Morgan fingerprint density at radius 1 is 0.893 bits per heavy atom. The molecule has 0 fully saturated rings. The predicted molar refractivity (Wildman–Crippen MR) is 109 cm³/mol. The molecule has 0 aliphatic rings.